The molecule has 2 heterocycles. The van der Waals surface area contributed by atoms with Gasteiger partial charge in [0.05, 0.1) is 0 Å². The Labute approximate surface area is 102 Å². The molecule has 1 fully saturated rings. The number of aromatic nitrogens is 2. The molecule has 1 atom stereocenters. The number of rotatable bonds is 5. The third-order valence-corrected chi connectivity index (χ3v) is 3.02. The van der Waals surface area contributed by atoms with Crippen LogP contribution in [0.2, 0.25) is 0 Å². The summed E-state index contributed by atoms with van der Waals surface area (Å²) in [6.45, 7) is 8.05. The van der Waals surface area contributed by atoms with Crippen LogP contribution in [0.5, 0.6) is 5.88 Å². The van der Waals surface area contributed by atoms with Crippen LogP contribution in [0, 0.1) is 0 Å². The summed E-state index contributed by atoms with van der Waals surface area (Å²) in [5.74, 6) is 1.61. The molecule has 1 N–H and O–H groups in total. The Morgan fingerprint density at radius 3 is 2.88 bits per heavy atom. The molecule has 1 aliphatic heterocycles. The number of ether oxygens (including phenoxy) is 1. The molecular formula is C12H20N4O. The summed E-state index contributed by atoms with van der Waals surface area (Å²) in [6.07, 6.45) is 2.87. The lowest BCUT2D eigenvalue weighted by Crippen LogP contribution is -2.24. The van der Waals surface area contributed by atoms with Crippen LogP contribution in [0.25, 0.3) is 0 Å². The molecule has 0 unspecified atom stereocenters. The Kier molecular flexibility index (Phi) is 4.14. The van der Waals surface area contributed by atoms with Gasteiger partial charge < -0.3 is 15.0 Å². The molecule has 0 radical (unpaired) electrons. The maximum Gasteiger partial charge on any atom is 0.218 e. The quantitative estimate of drug-likeness (QED) is 0.828. The van der Waals surface area contributed by atoms with Crippen LogP contribution in [0.4, 0.5) is 5.82 Å². The van der Waals surface area contributed by atoms with Gasteiger partial charge in [0, 0.05) is 25.7 Å². The predicted octanol–water partition coefficient (Wildman–Crippen LogP) is 1.06. The van der Waals surface area contributed by atoms with E-state index in [0.717, 1.165) is 38.4 Å². The van der Waals surface area contributed by atoms with Crippen LogP contribution >= 0.6 is 0 Å². The standard InChI is InChI=1S/C12H20N4O/c1-3-16(4-2)11-7-12(15-9-14-11)17-10-5-6-13-8-10/h7,9-10,13H,3-6,8H2,1-2H3/t10-/m0/s1. The molecule has 0 amide bonds. The van der Waals surface area contributed by atoms with Crippen molar-refractivity contribution in [2.75, 3.05) is 31.1 Å². The molecule has 5 nitrogen and oxygen atoms in total. The maximum absolute atomic E-state index is 5.81. The maximum atomic E-state index is 5.81. The molecule has 94 valence electrons. The van der Waals surface area contributed by atoms with Crippen LogP contribution in [0.15, 0.2) is 12.4 Å². The van der Waals surface area contributed by atoms with E-state index in [1.165, 1.54) is 0 Å². The molecule has 0 aliphatic carbocycles. The summed E-state index contributed by atoms with van der Waals surface area (Å²) in [5.41, 5.74) is 0. The number of anilines is 1. The van der Waals surface area contributed by atoms with E-state index in [4.69, 9.17) is 4.74 Å². The second-order valence-corrected chi connectivity index (χ2v) is 4.12. The predicted molar refractivity (Wildman–Crippen MR) is 67.5 cm³/mol. The molecule has 1 saturated heterocycles. The first-order valence-electron chi connectivity index (χ1n) is 6.27. The van der Waals surface area contributed by atoms with Gasteiger partial charge in [-0.2, -0.15) is 0 Å². The SMILES string of the molecule is CCN(CC)c1cc(O[C@H]2CCNC2)ncn1. The Morgan fingerprint density at radius 1 is 1.41 bits per heavy atom. The Balaban J connectivity index is 2.04. The van der Waals surface area contributed by atoms with Gasteiger partial charge in [0.25, 0.3) is 0 Å². The van der Waals surface area contributed by atoms with E-state index in [9.17, 15) is 0 Å². The summed E-state index contributed by atoms with van der Waals surface area (Å²) in [7, 11) is 0. The van der Waals surface area contributed by atoms with E-state index in [2.05, 4.69) is 34.0 Å². The molecule has 0 aromatic carbocycles. The second-order valence-electron chi connectivity index (χ2n) is 4.12. The summed E-state index contributed by atoms with van der Waals surface area (Å²) in [6, 6.07) is 1.92. The lowest BCUT2D eigenvalue weighted by molar-refractivity contribution is 0.213. The van der Waals surface area contributed by atoms with Gasteiger partial charge in [-0.05, 0) is 26.8 Å². The summed E-state index contributed by atoms with van der Waals surface area (Å²) < 4.78 is 5.81. The highest BCUT2D eigenvalue weighted by Gasteiger charge is 2.17. The normalized spacial score (nSPS) is 19.3. The molecule has 0 bridgehead atoms. The van der Waals surface area contributed by atoms with Gasteiger partial charge >= 0.3 is 0 Å². The van der Waals surface area contributed by atoms with Crippen molar-refractivity contribution in [2.24, 2.45) is 0 Å². The zero-order valence-electron chi connectivity index (χ0n) is 10.5. The topological polar surface area (TPSA) is 50.3 Å². The average molecular weight is 236 g/mol. The first-order valence-corrected chi connectivity index (χ1v) is 6.27. The fourth-order valence-electron chi connectivity index (χ4n) is 2.01. The molecule has 1 aliphatic rings. The van der Waals surface area contributed by atoms with Gasteiger partial charge in [0.1, 0.15) is 18.2 Å². The summed E-state index contributed by atoms with van der Waals surface area (Å²) in [4.78, 5) is 10.6. The van der Waals surface area contributed by atoms with E-state index < -0.39 is 0 Å². The number of nitrogens with one attached hydrogen (secondary N) is 1. The van der Waals surface area contributed by atoms with Crippen LogP contribution in [-0.2, 0) is 0 Å². The van der Waals surface area contributed by atoms with Crippen molar-refractivity contribution >= 4 is 5.82 Å². The second kappa shape index (κ2) is 5.82. The minimum Gasteiger partial charge on any atom is -0.473 e. The fraction of sp³-hybridized carbons (Fsp3) is 0.667. The van der Waals surface area contributed by atoms with Crippen molar-refractivity contribution in [3.8, 4) is 5.88 Å². The molecule has 1 aromatic rings. The smallest absolute Gasteiger partial charge is 0.218 e. The van der Waals surface area contributed by atoms with E-state index in [-0.39, 0.29) is 6.10 Å². The van der Waals surface area contributed by atoms with Crippen LogP contribution < -0.4 is 15.0 Å². The van der Waals surface area contributed by atoms with Gasteiger partial charge in [-0.15, -0.1) is 0 Å². The van der Waals surface area contributed by atoms with Crippen molar-refractivity contribution in [2.45, 2.75) is 26.4 Å². The highest BCUT2D eigenvalue weighted by atomic mass is 16.5. The van der Waals surface area contributed by atoms with Crippen LogP contribution in [-0.4, -0.2) is 42.3 Å². The Bertz CT molecular complexity index is 348. The molecule has 0 spiro atoms. The first-order chi connectivity index (χ1) is 8.33. The zero-order chi connectivity index (χ0) is 12.1. The third-order valence-electron chi connectivity index (χ3n) is 3.02. The van der Waals surface area contributed by atoms with Gasteiger partial charge in [-0.25, -0.2) is 9.97 Å². The van der Waals surface area contributed by atoms with Crippen LogP contribution in [0.1, 0.15) is 20.3 Å². The average Bonchev–Trinajstić information content (AvgIpc) is 2.84. The lowest BCUT2D eigenvalue weighted by atomic mass is 10.3. The van der Waals surface area contributed by atoms with Crippen molar-refractivity contribution in [1.29, 1.82) is 0 Å². The van der Waals surface area contributed by atoms with Crippen molar-refractivity contribution in [1.82, 2.24) is 15.3 Å². The molecular weight excluding hydrogens is 216 g/mol. The lowest BCUT2D eigenvalue weighted by Gasteiger charge is -2.20. The van der Waals surface area contributed by atoms with E-state index >= 15 is 0 Å². The Morgan fingerprint density at radius 2 is 2.24 bits per heavy atom. The minimum atomic E-state index is 0.245. The summed E-state index contributed by atoms with van der Waals surface area (Å²) in [5, 5.41) is 3.27. The number of hydrogen-bond donors (Lipinski definition) is 1. The molecule has 0 saturated carbocycles. The van der Waals surface area contributed by atoms with E-state index in [0.29, 0.717) is 5.88 Å². The highest BCUT2D eigenvalue weighted by Crippen LogP contribution is 2.17. The third kappa shape index (κ3) is 3.06. The van der Waals surface area contributed by atoms with Gasteiger partial charge in [0.2, 0.25) is 5.88 Å². The minimum absolute atomic E-state index is 0.245. The van der Waals surface area contributed by atoms with Crippen molar-refractivity contribution in [3.05, 3.63) is 12.4 Å². The highest BCUT2D eigenvalue weighted by molar-refractivity contribution is 5.40. The zero-order valence-corrected chi connectivity index (χ0v) is 10.5. The molecule has 17 heavy (non-hydrogen) atoms. The van der Waals surface area contributed by atoms with Crippen molar-refractivity contribution < 1.29 is 4.74 Å². The monoisotopic (exact) mass is 236 g/mol. The fourth-order valence-corrected chi connectivity index (χ4v) is 2.01. The summed E-state index contributed by atoms with van der Waals surface area (Å²) >= 11 is 0. The molecule has 5 heteroatoms. The number of nitrogens with zero attached hydrogens (tertiary/aromatic N) is 3. The van der Waals surface area contributed by atoms with E-state index in [1.807, 2.05) is 6.07 Å². The Hall–Kier alpha value is -1.36. The molecule has 1 aromatic heterocycles. The van der Waals surface area contributed by atoms with Crippen molar-refractivity contribution in [3.63, 3.8) is 0 Å². The first kappa shape index (κ1) is 12.1. The largest absolute Gasteiger partial charge is 0.473 e. The molecule has 2 rings (SSSR count). The van der Waals surface area contributed by atoms with E-state index in [1.54, 1.807) is 6.33 Å². The van der Waals surface area contributed by atoms with Gasteiger partial charge in [-0.1, -0.05) is 0 Å². The van der Waals surface area contributed by atoms with Crippen LogP contribution in [0.3, 0.4) is 0 Å². The van der Waals surface area contributed by atoms with Gasteiger partial charge in [-0.3, -0.25) is 0 Å². The number of hydrogen-bond acceptors (Lipinski definition) is 5. The van der Waals surface area contributed by atoms with Gasteiger partial charge in [0.15, 0.2) is 0 Å².